The number of H-pyrrole nitrogens is 1. The highest BCUT2D eigenvalue weighted by Crippen LogP contribution is 2.19. The maximum atomic E-state index is 11.4. The lowest BCUT2D eigenvalue weighted by molar-refractivity contribution is -0.147. The third kappa shape index (κ3) is 3.72. The third-order valence-corrected chi connectivity index (χ3v) is 2.82. The molecule has 1 unspecified atom stereocenters. The van der Waals surface area contributed by atoms with E-state index in [1.54, 1.807) is 13.8 Å². The van der Waals surface area contributed by atoms with E-state index in [4.69, 9.17) is 5.11 Å². The molecule has 1 aromatic heterocycles. The number of carboxylic acid groups (broad SMARTS) is 1. The van der Waals surface area contributed by atoms with Crippen LogP contribution in [0.1, 0.15) is 26.1 Å². The van der Waals surface area contributed by atoms with Gasteiger partial charge in [0.1, 0.15) is 12.2 Å². The van der Waals surface area contributed by atoms with Crippen LogP contribution in [0.4, 0.5) is 4.79 Å². The molecule has 8 heteroatoms. The van der Waals surface area contributed by atoms with Gasteiger partial charge in [-0.25, -0.2) is 9.78 Å². The minimum absolute atomic E-state index is 0.0705. The topological polar surface area (TPSA) is 120 Å². The Balaban J connectivity index is 2.34. The highest BCUT2D eigenvalue weighted by Gasteiger charge is 2.31. The van der Waals surface area contributed by atoms with Gasteiger partial charge in [-0.1, -0.05) is 6.92 Å². The van der Waals surface area contributed by atoms with E-state index < -0.39 is 17.4 Å². The van der Waals surface area contributed by atoms with Crippen LogP contribution >= 0.6 is 0 Å². The van der Waals surface area contributed by atoms with Crippen molar-refractivity contribution in [3.05, 3.63) is 12.2 Å². The van der Waals surface area contributed by atoms with Gasteiger partial charge in [0, 0.05) is 6.54 Å². The lowest BCUT2D eigenvalue weighted by atomic mass is 9.88. The van der Waals surface area contributed by atoms with Crippen molar-refractivity contribution in [1.82, 2.24) is 25.8 Å². The first kappa shape index (κ1) is 13.9. The van der Waals surface area contributed by atoms with Gasteiger partial charge in [-0.15, -0.1) is 0 Å². The SMILES string of the molecule is CCC(C)(CNC(=O)NCc1ncn[nH]1)C(=O)O. The number of carboxylic acids is 1. The summed E-state index contributed by atoms with van der Waals surface area (Å²) < 4.78 is 0. The number of aromatic nitrogens is 3. The second kappa shape index (κ2) is 5.99. The fourth-order valence-corrected chi connectivity index (χ4v) is 1.17. The quantitative estimate of drug-likeness (QED) is 0.575. The minimum Gasteiger partial charge on any atom is -0.481 e. The van der Waals surface area contributed by atoms with Crippen molar-refractivity contribution in [2.24, 2.45) is 5.41 Å². The fraction of sp³-hybridized carbons (Fsp3) is 0.600. The normalized spacial score (nSPS) is 13.7. The Labute approximate surface area is 104 Å². The van der Waals surface area contributed by atoms with Gasteiger partial charge in [-0.3, -0.25) is 9.89 Å². The molecule has 0 aliphatic heterocycles. The van der Waals surface area contributed by atoms with E-state index in [0.717, 1.165) is 0 Å². The number of nitrogens with one attached hydrogen (secondary N) is 3. The number of amides is 2. The molecular weight excluding hydrogens is 238 g/mol. The predicted octanol–water partition coefficient (Wildman–Crippen LogP) is 0.105. The maximum Gasteiger partial charge on any atom is 0.315 e. The van der Waals surface area contributed by atoms with Crippen molar-refractivity contribution in [3.63, 3.8) is 0 Å². The molecule has 1 heterocycles. The summed E-state index contributed by atoms with van der Waals surface area (Å²) in [5.41, 5.74) is -0.955. The molecule has 2 amide bonds. The summed E-state index contributed by atoms with van der Waals surface area (Å²) in [5, 5.41) is 20.3. The lowest BCUT2D eigenvalue weighted by Crippen LogP contribution is -2.44. The Kier molecular flexibility index (Phi) is 4.64. The van der Waals surface area contributed by atoms with Crippen LogP contribution in [0.25, 0.3) is 0 Å². The van der Waals surface area contributed by atoms with Gasteiger partial charge in [0.25, 0.3) is 0 Å². The standard InChI is InChI=1S/C10H17N5O3/c1-3-10(2,8(16)17)5-12-9(18)11-4-7-13-6-14-15-7/h6H,3-5H2,1-2H3,(H,16,17)(H2,11,12,18)(H,13,14,15). The Morgan fingerprint density at radius 2 is 2.22 bits per heavy atom. The second-order valence-corrected chi connectivity index (χ2v) is 4.19. The fourth-order valence-electron chi connectivity index (χ4n) is 1.17. The molecule has 0 aliphatic rings. The number of carbonyl (C=O) groups is 2. The van der Waals surface area contributed by atoms with Crippen molar-refractivity contribution in [3.8, 4) is 0 Å². The number of urea groups is 1. The molecule has 1 aromatic rings. The van der Waals surface area contributed by atoms with Crippen LogP contribution in [-0.2, 0) is 11.3 Å². The number of carbonyl (C=O) groups excluding carboxylic acids is 1. The van der Waals surface area contributed by atoms with Gasteiger partial charge in [-0.2, -0.15) is 5.10 Å². The van der Waals surface area contributed by atoms with Crippen molar-refractivity contribution >= 4 is 12.0 Å². The average Bonchev–Trinajstić information content (AvgIpc) is 2.86. The molecule has 0 radical (unpaired) electrons. The van der Waals surface area contributed by atoms with E-state index >= 15 is 0 Å². The van der Waals surface area contributed by atoms with Crippen molar-refractivity contribution in [2.75, 3.05) is 6.54 Å². The van der Waals surface area contributed by atoms with E-state index in [-0.39, 0.29) is 13.1 Å². The van der Waals surface area contributed by atoms with Gasteiger partial charge in [-0.05, 0) is 13.3 Å². The maximum absolute atomic E-state index is 11.4. The predicted molar refractivity (Wildman–Crippen MR) is 62.7 cm³/mol. The number of aromatic amines is 1. The molecule has 0 fully saturated rings. The summed E-state index contributed by atoms with van der Waals surface area (Å²) in [7, 11) is 0. The monoisotopic (exact) mass is 255 g/mol. The molecule has 100 valence electrons. The minimum atomic E-state index is -0.955. The first-order valence-corrected chi connectivity index (χ1v) is 5.57. The summed E-state index contributed by atoms with van der Waals surface area (Å²) in [6.07, 6.45) is 1.78. The Hall–Kier alpha value is -2.12. The summed E-state index contributed by atoms with van der Waals surface area (Å²) in [6.45, 7) is 3.64. The first-order valence-electron chi connectivity index (χ1n) is 5.57. The van der Waals surface area contributed by atoms with Crippen LogP contribution in [-0.4, -0.2) is 38.8 Å². The molecule has 1 rings (SSSR count). The molecule has 18 heavy (non-hydrogen) atoms. The first-order chi connectivity index (χ1) is 8.48. The van der Waals surface area contributed by atoms with E-state index in [1.165, 1.54) is 6.33 Å². The lowest BCUT2D eigenvalue weighted by Gasteiger charge is -2.23. The number of hydrogen-bond acceptors (Lipinski definition) is 4. The summed E-state index contributed by atoms with van der Waals surface area (Å²) in [4.78, 5) is 26.3. The van der Waals surface area contributed by atoms with Crippen LogP contribution in [0.5, 0.6) is 0 Å². The summed E-state index contributed by atoms with van der Waals surface area (Å²) in [5.74, 6) is -0.401. The van der Waals surface area contributed by atoms with Crippen LogP contribution < -0.4 is 10.6 Å². The smallest absolute Gasteiger partial charge is 0.315 e. The number of rotatable bonds is 6. The molecule has 4 N–H and O–H groups in total. The van der Waals surface area contributed by atoms with E-state index in [0.29, 0.717) is 12.2 Å². The van der Waals surface area contributed by atoms with Crippen LogP contribution in [0.15, 0.2) is 6.33 Å². The molecule has 1 atom stereocenters. The zero-order valence-corrected chi connectivity index (χ0v) is 10.4. The van der Waals surface area contributed by atoms with Crippen molar-refractivity contribution < 1.29 is 14.7 Å². The highest BCUT2D eigenvalue weighted by atomic mass is 16.4. The molecule has 0 saturated heterocycles. The highest BCUT2D eigenvalue weighted by molar-refractivity contribution is 5.77. The Morgan fingerprint density at radius 3 is 2.72 bits per heavy atom. The number of hydrogen-bond donors (Lipinski definition) is 4. The number of aliphatic carboxylic acids is 1. The molecule has 8 nitrogen and oxygen atoms in total. The summed E-state index contributed by atoms with van der Waals surface area (Å²) in [6, 6.07) is -0.438. The van der Waals surface area contributed by atoms with Gasteiger partial charge in [0.15, 0.2) is 0 Å². The second-order valence-electron chi connectivity index (χ2n) is 4.19. The largest absolute Gasteiger partial charge is 0.481 e. The molecule has 0 aromatic carbocycles. The zero-order valence-electron chi connectivity index (χ0n) is 10.4. The van der Waals surface area contributed by atoms with E-state index in [9.17, 15) is 9.59 Å². The summed E-state index contributed by atoms with van der Waals surface area (Å²) >= 11 is 0. The van der Waals surface area contributed by atoms with Gasteiger partial charge in [0.05, 0.1) is 12.0 Å². The van der Waals surface area contributed by atoms with Crippen LogP contribution in [0, 0.1) is 5.41 Å². The van der Waals surface area contributed by atoms with Gasteiger partial charge < -0.3 is 15.7 Å². The molecule has 0 aliphatic carbocycles. The molecule has 0 saturated carbocycles. The Morgan fingerprint density at radius 1 is 1.50 bits per heavy atom. The van der Waals surface area contributed by atoms with Gasteiger partial charge in [0.2, 0.25) is 0 Å². The molecule has 0 spiro atoms. The zero-order chi connectivity index (χ0) is 13.6. The van der Waals surface area contributed by atoms with E-state index in [2.05, 4.69) is 25.8 Å². The van der Waals surface area contributed by atoms with Crippen molar-refractivity contribution in [2.45, 2.75) is 26.8 Å². The third-order valence-electron chi connectivity index (χ3n) is 2.82. The van der Waals surface area contributed by atoms with Crippen LogP contribution in [0.3, 0.4) is 0 Å². The average molecular weight is 255 g/mol. The Bertz CT molecular complexity index is 406. The molecular formula is C10H17N5O3. The number of nitrogens with zero attached hydrogens (tertiary/aromatic N) is 2. The van der Waals surface area contributed by atoms with Gasteiger partial charge >= 0.3 is 12.0 Å². The van der Waals surface area contributed by atoms with Crippen LogP contribution in [0.2, 0.25) is 0 Å². The molecule has 0 bridgehead atoms. The van der Waals surface area contributed by atoms with E-state index in [1.807, 2.05) is 0 Å². The van der Waals surface area contributed by atoms with Crippen molar-refractivity contribution in [1.29, 1.82) is 0 Å².